The van der Waals surface area contributed by atoms with Crippen LogP contribution in [0, 0.1) is 5.82 Å². The molecular formula is C31H29BrClFN4O4. The number of hydrogen-bond donors (Lipinski definition) is 1. The topological polar surface area (TPSA) is 94.8 Å². The summed E-state index contributed by atoms with van der Waals surface area (Å²) in [6.45, 7) is 1.70. The van der Waals surface area contributed by atoms with Crippen molar-refractivity contribution in [2.45, 2.75) is 44.9 Å². The number of amides is 1. The highest BCUT2D eigenvalue weighted by molar-refractivity contribution is 9.10. The fourth-order valence-corrected chi connectivity index (χ4v) is 5.61. The Kier molecular flexibility index (Phi) is 9.54. The first-order valence-corrected chi connectivity index (χ1v) is 14.9. The molecule has 0 aliphatic heterocycles. The van der Waals surface area contributed by atoms with Crippen LogP contribution in [-0.2, 0) is 4.79 Å². The third-order valence-electron chi connectivity index (χ3n) is 6.95. The van der Waals surface area contributed by atoms with Crippen molar-refractivity contribution in [3.63, 3.8) is 0 Å². The lowest BCUT2D eigenvalue weighted by atomic mass is 9.88. The number of para-hydroxylation sites is 1. The van der Waals surface area contributed by atoms with Crippen molar-refractivity contribution in [2.24, 2.45) is 5.10 Å². The van der Waals surface area contributed by atoms with E-state index in [1.807, 2.05) is 12.1 Å². The third-order valence-corrected chi connectivity index (χ3v) is 7.73. The van der Waals surface area contributed by atoms with E-state index in [2.05, 4.69) is 26.3 Å². The predicted molar refractivity (Wildman–Crippen MR) is 166 cm³/mol. The van der Waals surface area contributed by atoms with Crippen molar-refractivity contribution in [3.05, 3.63) is 91.7 Å². The summed E-state index contributed by atoms with van der Waals surface area (Å²) in [5, 5.41) is 7.69. The van der Waals surface area contributed by atoms with Gasteiger partial charge in [-0.25, -0.2) is 9.37 Å². The standard InChI is InChI=1S/C31H29BrClFN4O4/c1-2-41-27-15-19(14-23(33)29(27)42-18-28(39)36-26-11-7-6-10-24(26)34)17-35-38-30(20-8-4-3-5-9-20)37-25-13-12-21(32)16-22(25)31(38)40/h6-7,10-17,20H,2-5,8-9,18H2,1H3,(H,36,39). The van der Waals surface area contributed by atoms with Crippen LogP contribution in [0.1, 0.15) is 56.3 Å². The van der Waals surface area contributed by atoms with Gasteiger partial charge in [-0.15, -0.1) is 0 Å². The van der Waals surface area contributed by atoms with Crippen molar-refractivity contribution >= 4 is 56.2 Å². The van der Waals surface area contributed by atoms with Gasteiger partial charge in [-0.3, -0.25) is 9.59 Å². The van der Waals surface area contributed by atoms with E-state index in [0.29, 0.717) is 34.6 Å². The van der Waals surface area contributed by atoms with Crippen LogP contribution >= 0.6 is 27.5 Å². The number of carbonyl (C=O) groups is 1. The second-order valence-corrected chi connectivity index (χ2v) is 11.2. The van der Waals surface area contributed by atoms with E-state index in [1.165, 1.54) is 35.5 Å². The van der Waals surface area contributed by atoms with E-state index in [1.54, 1.807) is 31.2 Å². The fraction of sp³-hybridized carbons (Fsp3) is 0.290. The van der Waals surface area contributed by atoms with Gasteiger partial charge in [0.05, 0.1) is 34.4 Å². The maximum atomic E-state index is 13.9. The van der Waals surface area contributed by atoms with Gasteiger partial charge in [0, 0.05) is 10.4 Å². The molecule has 0 spiro atoms. The molecule has 218 valence electrons. The minimum Gasteiger partial charge on any atom is -0.490 e. The molecule has 0 atom stereocenters. The summed E-state index contributed by atoms with van der Waals surface area (Å²) in [4.78, 5) is 30.9. The Bertz CT molecular complexity index is 1700. The molecule has 1 saturated carbocycles. The number of fused-ring (bicyclic) bond motifs is 1. The van der Waals surface area contributed by atoms with Crippen LogP contribution < -0.4 is 20.3 Å². The molecule has 1 fully saturated rings. The summed E-state index contributed by atoms with van der Waals surface area (Å²) in [5.41, 5.74) is 0.988. The molecule has 0 bridgehead atoms. The van der Waals surface area contributed by atoms with Gasteiger partial charge in [0.15, 0.2) is 18.1 Å². The van der Waals surface area contributed by atoms with Crippen molar-refractivity contribution in [1.29, 1.82) is 0 Å². The third kappa shape index (κ3) is 6.82. The number of halogens is 3. The van der Waals surface area contributed by atoms with Crippen LogP contribution in [-0.4, -0.2) is 35.0 Å². The van der Waals surface area contributed by atoms with E-state index < -0.39 is 18.3 Å². The van der Waals surface area contributed by atoms with Crippen LogP contribution in [0.5, 0.6) is 11.5 Å². The number of ether oxygens (including phenoxy) is 2. The molecule has 1 aliphatic carbocycles. The smallest absolute Gasteiger partial charge is 0.282 e. The monoisotopic (exact) mass is 654 g/mol. The zero-order chi connectivity index (χ0) is 29.6. The van der Waals surface area contributed by atoms with Crippen molar-refractivity contribution in [3.8, 4) is 11.5 Å². The summed E-state index contributed by atoms with van der Waals surface area (Å²) in [5.74, 6) is 0.118. The highest BCUT2D eigenvalue weighted by atomic mass is 79.9. The van der Waals surface area contributed by atoms with E-state index in [-0.39, 0.29) is 27.9 Å². The number of benzene rings is 3. The Balaban J connectivity index is 1.44. The van der Waals surface area contributed by atoms with E-state index in [0.717, 1.165) is 30.2 Å². The Morgan fingerprint density at radius 2 is 1.95 bits per heavy atom. The largest absolute Gasteiger partial charge is 0.490 e. The molecule has 1 amide bonds. The summed E-state index contributed by atoms with van der Waals surface area (Å²) < 4.78 is 27.5. The van der Waals surface area contributed by atoms with Crippen LogP contribution in [0.25, 0.3) is 10.9 Å². The van der Waals surface area contributed by atoms with Crippen molar-refractivity contribution in [1.82, 2.24) is 9.66 Å². The van der Waals surface area contributed by atoms with Crippen LogP contribution in [0.3, 0.4) is 0 Å². The predicted octanol–water partition coefficient (Wildman–Crippen LogP) is 7.30. The van der Waals surface area contributed by atoms with Gasteiger partial charge in [-0.05, 0) is 67.8 Å². The molecule has 0 saturated heterocycles. The van der Waals surface area contributed by atoms with Gasteiger partial charge in [0.1, 0.15) is 11.6 Å². The Labute approximate surface area is 255 Å². The van der Waals surface area contributed by atoms with Crippen molar-refractivity contribution < 1.29 is 18.7 Å². The molecule has 42 heavy (non-hydrogen) atoms. The summed E-state index contributed by atoms with van der Waals surface area (Å²) in [6, 6.07) is 14.6. The van der Waals surface area contributed by atoms with Gasteiger partial charge in [-0.1, -0.05) is 58.9 Å². The number of nitrogens with zero attached hydrogens (tertiary/aromatic N) is 3. The highest BCUT2D eigenvalue weighted by Gasteiger charge is 2.23. The molecule has 1 N–H and O–H groups in total. The zero-order valence-corrected chi connectivity index (χ0v) is 25.3. The number of rotatable bonds is 9. The summed E-state index contributed by atoms with van der Waals surface area (Å²) in [6.07, 6.45) is 6.75. The van der Waals surface area contributed by atoms with Gasteiger partial charge in [0.2, 0.25) is 0 Å². The summed E-state index contributed by atoms with van der Waals surface area (Å²) in [7, 11) is 0. The molecule has 1 heterocycles. The second kappa shape index (κ2) is 13.5. The Morgan fingerprint density at radius 1 is 1.17 bits per heavy atom. The molecular weight excluding hydrogens is 627 g/mol. The number of anilines is 1. The SMILES string of the molecule is CCOc1cc(C=Nn2c(C3CCCCC3)nc3ccc(Br)cc3c2=O)cc(Cl)c1OCC(=O)Nc1ccccc1F. The molecule has 0 radical (unpaired) electrons. The first-order valence-electron chi connectivity index (χ1n) is 13.7. The van der Waals surface area contributed by atoms with E-state index in [4.69, 9.17) is 26.1 Å². The molecule has 8 nitrogen and oxygen atoms in total. The molecule has 3 aromatic carbocycles. The lowest BCUT2D eigenvalue weighted by molar-refractivity contribution is -0.118. The zero-order valence-electron chi connectivity index (χ0n) is 22.9. The molecule has 11 heteroatoms. The minimum absolute atomic E-state index is 0.0483. The van der Waals surface area contributed by atoms with Crippen LogP contribution in [0.15, 0.2) is 69.0 Å². The highest BCUT2D eigenvalue weighted by Crippen LogP contribution is 2.37. The molecule has 1 aliphatic rings. The van der Waals surface area contributed by atoms with Crippen LogP contribution in [0.4, 0.5) is 10.1 Å². The lowest BCUT2D eigenvalue weighted by Gasteiger charge is -2.22. The minimum atomic E-state index is -0.561. The second-order valence-electron chi connectivity index (χ2n) is 9.91. The summed E-state index contributed by atoms with van der Waals surface area (Å²) >= 11 is 10.0. The lowest BCUT2D eigenvalue weighted by Crippen LogP contribution is -2.25. The number of carbonyl (C=O) groups excluding carboxylic acids is 1. The van der Waals surface area contributed by atoms with Gasteiger partial charge >= 0.3 is 0 Å². The first-order chi connectivity index (χ1) is 20.3. The van der Waals surface area contributed by atoms with Crippen LogP contribution in [0.2, 0.25) is 5.02 Å². The van der Waals surface area contributed by atoms with Gasteiger partial charge in [-0.2, -0.15) is 9.78 Å². The van der Waals surface area contributed by atoms with Gasteiger partial charge in [0.25, 0.3) is 11.5 Å². The van der Waals surface area contributed by atoms with E-state index in [9.17, 15) is 14.0 Å². The maximum Gasteiger partial charge on any atom is 0.282 e. The van der Waals surface area contributed by atoms with Crippen molar-refractivity contribution in [2.75, 3.05) is 18.5 Å². The molecule has 4 aromatic rings. The average Bonchev–Trinajstić information content (AvgIpc) is 2.98. The van der Waals surface area contributed by atoms with E-state index >= 15 is 0 Å². The van der Waals surface area contributed by atoms with Gasteiger partial charge < -0.3 is 14.8 Å². The first kappa shape index (κ1) is 29.7. The number of hydrogen-bond acceptors (Lipinski definition) is 6. The average molecular weight is 656 g/mol. The maximum absolute atomic E-state index is 13.9. The quantitative estimate of drug-likeness (QED) is 0.191. The number of aromatic nitrogens is 2. The molecule has 0 unspecified atom stereocenters. The Hall–Kier alpha value is -3.76. The normalized spacial score (nSPS) is 13.9. The number of nitrogens with one attached hydrogen (secondary N) is 1. The molecule has 5 rings (SSSR count). The Morgan fingerprint density at radius 3 is 2.71 bits per heavy atom. The molecule has 1 aromatic heterocycles. The fourth-order valence-electron chi connectivity index (χ4n) is 4.98.